The quantitative estimate of drug-likeness (QED) is 0.502. The smallest absolute Gasteiger partial charge is 0.208 e. The van der Waals surface area contributed by atoms with E-state index in [-0.39, 0.29) is 0 Å². The predicted octanol–water partition coefficient (Wildman–Crippen LogP) is 0.239. The van der Waals surface area contributed by atoms with Gasteiger partial charge >= 0.3 is 0 Å². The van der Waals surface area contributed by atoms with E-state index in [4.69, 9.17) is 10.5 Å². The molecule has 0 aliphatic rings. The Morgan fingerprint density at radius 2 is 2.00 bits per heavy atom. The Kier molecular flexibility index (Phi) is 4.59. The van der Waals surface area contributed by atoms with Crippen LogP contribution in [-0.2, 0) is 10.0 Å². The molecule has 0 saturated carbocycles. The summed E-state index contributed by atoms with van der Waals surface area (Å²) in [5.74, 6) is 0.656. The van der Waals surface area contributed by atoms with E-state index in [1.165, 1.54) is 0 Å². The van der Waals surface area contributed by atoms with Crippen molar-refractivity contribution in [3.63, 3.8) is 0 Å². The molecule has 0 fully saturated rings. The van der Waals surface area contributed by atoms with Gasteiger partial charge in [-0.25, -0.2) is 13.1 Å². The summed E-state index contributed by atoms with van der Waals surface area (Å²) in [6.07, 6.45) is 1.12. The summed E-state index contributed by atoms with van der Waals surface area (Å²) in [5.41, 5.74) is 7.05. The second-order valence-electron chi connectivity index (χ2n) is 3.59. The largest absolute Gasteiger partial charge is 0.497 e. The number of nitrogens with two attached hydrogens (primary N) is 1. The molecule has 0 atom stereocenters. The van der Waals surface area contributed by atoms with Crippen molar-refractivity contribution in [3.05, 3.63) is 18.2 Å². The fraction of sp³-hybridized carbons (Fsp3) is 0.400. The van der Waals surface area contributed by atoms with Gasteiger partial charge in [-0.15, -0.1) is 0 Å². The molecule has 0 bridgehead atoms. The van der Waals surface area contributed by atoms with E-state index in [2.05, 4.69) is 10.0 Å². The lowest BCUT2D eigenvalue weighted by molar-refractivity contribution is 0.415. The summed E-state index contributed by atoms with van der Waals surface area (Å²) in [6.45, 7) is 0.787. The molecule has 1 aromatic rings. The van der Waals surface area contributed by atoms with Crippen LogP contribution in [0.3, 0.4) is 0 Å². The molecule has 4 N–H and O–H groups in total. The fourth-order valence-electron chi connectivity index (χ4n) is 1.29. The summed E-state index contributed by atoms with van der Waals surface area (Å²) in [4.78, 5) is 0. The molecule has 1 rings (SSSR count). The highest BCUT2D eigenvalue weighted by Gasteiger charge is 2.01. The van der Waals surface area contributed by atoms with Crippen LogP contribution >= 0.6 is 0 Å². The third-order valence-electron chi connectivity index (χ3n) is 1.98. The van der Waals surface area contributed by atoms with E-state index in [1.54, 1.807) is 25.3 Å². The Labute approximate surface area is 101 Å². The highest BCUT2D eigenvalue weighted by atomic mass is 32.2. The highest BCUT2D eigenvalue weighted by molar-refractivity contribution is 7.88. The number of sulfonamides is 1. The summed E-state index contributed by atoms with van der Waals surface area (Å²) < 4.78 is 29.1. The van der Waals surface area contributed by atoms with Crippen LogP contribution in [0, 0.1) is 0 Å². The Morgan fingerprint density at radius 3 is 2.59 bits per heavy atom. The van der Waals surface area contributed by atoms with Crippen LogP contribution in [-0.4, -0.2) is 34.9 Å². The third-order valence-corrected chi connectivity index (χ3v) is 2.71. The van der Waals surface area contributed by atoms with Crippen molar-refractivity contribution in [1.29, 1.82) is 0 Å². The van der Waals surface area contributed by atoms with Gasteiger partial charge < -0.3 is 15.8 Å². The molecule has 17 heavy (non-hydrogen) atoms. The van der Waals surface area contributed by atoms with Crippen LogP contribution < -0.4 is 20.5 Å². The minimum Gasteiger partial charge on any atom is -0.497 e. The van der Waals surface area contributed by atoms with Crippen LogP contribution in [0.15, 0.2) is 18.2 Å². The number of hydrogen-bond donors (Lipinski definition) is 3. The number of nitrogens with one attached hydrogen (secondary N) is 2. The van der Waals surface area contributed by atoms with Crippen molar-refractivity contribution in [1.82, 2.24) is 4.72 Å². The molecule has 0 amide bonds. The molecule has 7 heteroatoms. The molecular formula is C10H17N3O3S. The van der Waals surface area contributed by atoms with Gasteiger partial charge in [-0.2, -0.15) is 0 Å². The van der Waals surface area contributed by atoms with Gasteiger partial charge in [0, 0.05) is 36.6 Å². The number of benzene rings is 1. The van der Waals surface area contributed by atoms with Gasteiger partial charge in [-0.05, 0) is 6.07 Å². The summed E-state index contributed by atoms with van der Waals surface area (Å²) in [5, 5.41) is 3.05. The zero-order valence-corrected chi connectivity index (χ0v) is 10.7. The van der Waals surface area contributed by atoms with Crippen molar-refractivity contribution in [2.75, 3.05) is 37.5 Å². The average molecular weight is 259 g/mol. The lowest BCUT2D eigenvalue weighted by Gasteiger charge is -2.09. The van der Waals surface area contributed by atoms with Crippen molar-refractivity contribution >= 4 is 21.4 Å². The number of hydrogen-bond acceptors (Lipinski definition) is 5. The monoisotopic (exact) mass is 259 g/mol. The third kappa shape index (κ3) is 5.41. The Morgan fingerprint density at radius 1 is 1.29 bits per heavy atom. The maximum Gasteiger partial charge on any atom is 0.208 e. The first kappa shape index (κ1) is 13.6. The van der Waals surface area contributed by atoms with Gasteiger partial charge in [0.1, 0.15) is 5.75 Å². The number of ether oxygens (including phenoxy) is 1. The molecule has 6 nitrogen and oxygen atoms in total. The van der Waals surface area contributed by atoms with E-state index >= 15 is 0 Å². The number of methoxy groups -OCH3 is 1. The zero-order chi connectivity index (χ0) is 12.9. The van der Waals surface area contributed by atoms with E-state index < -0.39 is 10.0 Å². The van der Waals surface area contributed by atoms with Gasteiger partial charge in [-0.3, -0.25) is 0 Å². The molecule has 0 saturated heterocycles. The zero-order valence-electron chi connectivity index (χ0n) is 9.86. The first-order valence-corrected chi connectivity index (χ1v) is 6.93. The standard InChI is InChI=1S/C10H17N3O3S/c1-16-10-6-8(11)5-9(7-10)12-3-4-13-17(2,14)15/h5-7,12-13H,3-4,11H2,1-2H3. The van der Waals surface area contributed by atoms with Crippen molar-refractivity contribution in [3.8, 4) is 5.75 Å². The number of rotatable bonds is 6. The Bertz CT molecular complexity index is 474. The molecule has 0 spiro atoms. The van der Waals surface area contributed by atoms with Gasteiger partial charge in [-0.1, -0.05) is 0 Å². The lowest BCUT2D eigenvalue weighted by Crippen LogP contribution is -2.27. The van der Waals surface area contributed by atoms with E-state index in [0.717, 1.165) is 11.9 Å². The van der Waals surface area contributed by atoms with Crippen LogP contribution in [0.2, 0.25) is 0 Å². The number of nitrogen functional groups attached to an aromatic ring is 1. The second-order valence-corrected chi connectivity index (χ2v) is 5.42. The van der Waals surface area contributed by atoms with Crippen molar-refractivity contribution < 1.29 is 13.2 Å². The van der Waals surface area contributed by atoms with Crippen molar-refractivity contribution in [2.45, 2.75) is 0 Å². The molecule has 0 aliphatic heterocycles. The van der Waals surface area contributed by atoms with Gasteiger partial charge in [0.15, 0.2) is 0 Å². The van der Waals surface area contributed by atoms with Crippen LogP contribution in [0.1, 0.15) is 0 Å². The topological polar surface area (TPSA) is 93.4 Å². The minimum atomic E-state index is -3.14. The summed E-state index contributed by atoms with van der Waals surface area (Å²) in [6, 6.07) is 5.25. The lowest BCUT2D eigenvalue weighted by atomic mass is 10.2. The van der Waals surface area contributed by atoms with Crippen LogP contribution in [0.25, 0.3) is 0 Å². The van der Waals surface area contributed by atoms with E-state index in [0.29, 0.717) is 24.5 Å². The van der Waals surface area contributed by atoms with Gasteiger partial charge in [0.05, 0.1) is 13.4 Å². The van der Waals surface area contributed by atoms with E-state index in [9.17, 15) is 8.42 Å². The summed E-state index contributed by atoms with van der Waals surface area (Å²) in [7, 11) is -1.58. The first-order chi connectivity index (χ1) is 7.90. The predicted molar refractivity (Wildman–Crippen MR) is 68.7 cm³/mol. The Balaban J connectivity index is 2.49. The molecule has 0 heterocycles. The van der Waals surface area contributed by atoms with Gasteiger partial charge in [0.25, 0.3) is 0 Å². The molecule has 0 aromatic heterocycles. The first-order valence-electron chi connectivity index (χ1n) is 5.04. The van der Waals surface area contributed by atoms with Crippen molar-refractivity contribution in [2.24, 2.45) is 0 Å². The molecule has 96 valence electrons. The molecule has 0 radical (unpaired) electrons. The maximum absolute atomic E-state index is 10.8. The molecule has 0 unspecified atom stereocenters. The van der Waals surface area contributed by atoms with E-state index in [1.807, 2.05) is 0 Å². The fourth-order valence-corrected chi connectivity index (χ4v) is 1.76. The summed E-state index contributed by atoms with van der Waals surface area (Å²) >= 11 is 0. The second kappa shape index (κ2) is 5.74. The maximum atomic E-state index is 10.8. The van der Waals surface area contributed by atoms with Crippen LogP contribution in [0.4, 0.5) is 11.4 Å². The van der Waals surface area contributed by atoms with Gasteiger partial charge in [0.2, 0.25) is 10.0 Å². The van der Waals surface area contributed by atoms with Crippen LogP contribution in [0.5, 0.6) is 5.75 Å². The number of anilines is 2. The average Bonchev–Trinajstić information content (AvgIpc) is 2.22. The molecule has 0 aliphatic carbocycles. The SMILES string of the molecule is COc1cc(N)cc(NCCNS(C)(=O)=O)c1. The molecule has 1 aromatic carbocycles. The molecular weight excluding hydrogens is 242 g/mol. The highest BCUT2D eigenvalue weighted by Crippen LogP contribution is 2.21. The normalized spacial score (nSPS) is 11.2. The Hall–Kier alpha value is -1.47. The minimum absolute atomic E-state index is 0.315.